The monoisotopic (exact) mass is 161 g/mol. The van der Waals surface area contributed by atoms with Crippen LogP contribution in [0.3, 0.4) is 0 Å². The van der Waals surface area contributed by atoms with E-state index in [1.165, 1.54) is 10.6 Å². The Morgan fingerprint density at radius 1 is 1.60 bits per heavy atom. The van der Waals surface area contributed by atoms with Crippen molar-refractivity contribution >= 4 is 10.1 Å². The van der Waals surface area contributed by atoms with E-state index in [0.717, 1.165) is 0 Å². The summed E-state index contributed by atoms with van der Waals surface area (Å²) in [7, 11) is -2.48. The van der Waals surface area contributed by atoms with Gasteiger partial charge in [0, 0.05) is 13.2 Å². The second-order valence-electron chi connectivity index (χ2n) is 1.93. The van der Waals surface area contributed by atoms with Gasteiger partial charge in [-0.3, -0.25) is 4.55 Å². The summed E-state index contributed by atoms with van der Waals surface area (Å²) in [5, 5.41) is -0.0903. The van der Waals surface area contributed by atoms with Crippen LogP contribution in [0.15, 0.2) is 23.4 Å². The van der Waals surface area contributed by atoms with E-state index < -0.39 is 10.1 Å². The molecular formula is C5H7NO3S. The minimum Gasteiger partial charge on any atom is -0.340 e. The summed E-state index contributed by atoms with van der Waals surface area (Å²) in [6, 6.07) is 2.87. The van der Waals surface area contributed by atoms with E-state index in [-0.39, 0.29) is 5.03 Å². The van der Waals surface area contributed by atoms with Crippen molar-refractivity contribution in [3.05, 3.63) is 18.3 Å². The smallest absolute Gasteiger partial charge is 0.310 e. The first-order valence-electron chi connectivity index (χ1n) is 2.60. The Balaban J connectivity index is 3.32. The van der Waals surface area contributed by atoms with E-state index >= 15 is 0 Å². The molecule has 1 aromatic rings. The van der Waals surface area contributed by atoms with E-state index in [1.54, 1.807) is 19.3 Å². The van der Waals surface area contributed by atoms with Gasteiger partial charge in [-0.1, -0.05) is 0 Å². The predicted molar refractivity (Wildman–Crippen MR) is 35.2 cm³/mol. The quantitative estimate of drug-likeness (QED) is 0.601. The van der Waals surface area contributed by atoms with Gasteiger partial charge in [-0.15, -0.1) is 0 Å². The van der Waals surface area contributed by atoms with Crippen LogP contribution in [-0.2, 0) is 17.2 Å². The van der Waals surface area contributed by atoms with Crippen molar-refractivity contribution in [2.75, 3.05) is 0 Å². The molecule has 1 rings (SSSR count). The molecule has 0 aliphatic heterocycles. The summed E-state index contributed by atoms with van der Waals surface area (Å²) in [5.74, 6) is 0. The highest BCUT2D eigenvalue weighted by Gasteiger charge is 2.11. The molecular weight excluding hydrogens is 154 g/mol. The standard InChI is InChI=1S/C5H7NO3S/c1-6-4-2-3-5(6)10(7,8)9/h2-4H,1H3,(H,7,8,9). The lowest BCUT2D eigenvalue weighted by Gasteiger charge is -1.96. The van der Waals surface area contributed by atoms with E-state index in [4.69, 9.17) is 4.55 Å². The lowest BCUT2D eigenvalue weighted by atomic mass is 10.7. The molecule has 0 atom stereocenters. The van der Waals surface area contributed by atoms with Gasteiger partial charge in [0.1, 0.15) is 0 Å². The summed E-state index contributed by atoms with van der Waals surface area (Å²) in [4.78, 5) is 0. The maximum Gasteiger partial charge on any atom is 0.310 e. The van der Waals surface area contributed by atoms with E-state index in [1.807, 2.05) is 0 Å². The molecule has 0 aliphatic carbocycles. The zero-order chi connectivity index (χ0) is 7.78. The van der Waals surface area contributed by atoms with Gasteiger partial charge in [0.15, 0.2) is 5.03 Å². The Kier molecular flexibility index (Phi) is 1.53. The molecule has 0 spiro atoms. The highest BCUT2D eigenvalue weighted by Crippen LogP contribution is 2.06. The Hall–Kier alpha value is -0.810. The highest BCUT2D eigenvalue weighted by molar-refractivity contribution is 7.85. The Bertz CT molecular complexity index is 324. The summed E-state index contributed by atoms with van der Waals surface area (Å²) in [5.41, 5.74) is 0. The molecule has 1 N–H and O–H groups in total. The maximum absolute atomic E-state index is 10.4. The molecule has 1 aromatic heterocycles. The minimum absolute atomic E-state index is 0.0903. The minimum atomic E-state index is -4.03. The Labute approximate surface area is 58.8 Å². The summed E-state index contributed by atoms with van der Waals surface area (Å²) >= 11 is 0. The largest absolute Gasteiger partial charge is 0.340 e. The van der Waals surface area contributed by atoms with Gasteiger partial charge >= 0.3 is 10.1 Å². The summed E-state index contributed by atoms with van der Waals surface area (Å²) < 4.78 is 30.7. The van der Waals surface area contributed by atoms with Gasteiger partial charge < -0.3 is 4.57 Å². The van der Waals surface area contributed by atoms with Crippen LogP contribution < -0.4 is 0 Å². The molecule has 0 radical (unpaired) electrons. The number of hydrogen-bond acceptors (Lipinski definition) is 2. The number of rotatable bonds is 1. The van der Waals surface area contributed by atoms with Crippen LogP contribution in [0.4, 0.5) is 0 Å². The fourth-order valence-electron chi connectivity index (χ4n) is 0.713. The topological polar surface area (TPSA) is 59.3 Å². The number of hydrogen-bond donors (Lipinski definition) is 1. The van der Waals surface area contributed by atoms with Crippen LogP contribution in [0.2, 0.25) is 0 Å². The average molecular weight is 161 g/mol. The van der Waals surface area contributed by atoms with Crippen molar-refractivity contribution in [3.63, 3.8) is 0 Å². The van der Waals surface area contributed by atoms with Crippen molar-refractivity contribution in [3.8, 4) is 0 Å². The molecule has 0 aromatic carbocycles. The van der Waals surface area contributed by atoms with Gasteiger partial charge in [-0.05, 0) is 12.1 Å². The van der Waals surface area contributed by atoms with Crippen molar-refractivity contribution < 1.29 is 13.0 Å². The highest BCUT2D eigenvalue weighted by atomic mass is 32.2. The third-order valence-electron chi connectivity index (χ3n) is 1.16. The molecule has 4 nitrogen and oxygen atoms in total. The first-order chi connectivity index (χ1) is 4.52. The molecule has 10 heavy (non-hydrogen) atoms. The maximum atomic E-state index is 10.4. The fourth-order valence-corrected chi connectivity index (χ4v) is 1.39. The van der Waals surface area contributed by atoms with Gasteiger partial charge in [0.05, 0.1) is 0 Å². The van der Waals surface area contributed by atoms with Crippen LogP contribution in [0.5, 0.6) is 0 Å². The molecule has 0 aliphatic rings. The summed E-state index contributed by atoms with van der Waals surface area (Å²) in [6.07, 6.45) is 1.54. The number of aryl methyl sites for hydroxylation is 1. The predicted octanol–water partition coefficient (Wildman–Crippen LogP) is 0.272. The van der Waals surface area contributed by atoms with E-state index in [2.05, 4.69) is 0 Å². The zero-order valence-corrected chi connectivity index (χ0v) is 6.17. The van der Waals surface area contributed by atoms with Gasteiger partial charge in [-0.2, -0.15) is 8.42 Å². The first-order valence-corrected chi connectivity index (χ1v) is 4.04. The van der Waals surface area contributed by atoms with E-state index in [0.29, 0.717) is 0 Å². The second kappa shape index (κ2) is 2.10. The van der Waals surface area contributed by atoms with Crippen LogP contribution in [0, 0.1) is 0 Å². The van der Waals surface area contributed by atoms with Gasteiger partial charge in [0.25, 0.3) is 0 Å². The van der Waals surface area contributed by atoms with Crippen LogP contribution in [-0.4, -0.2) is 17.5 Å². The molecule has 0 amide bonds. The third-order valence-corrected chi connectivity index (χ3v) is 2.11. The molecule has 1 heterocycles. The van der Waals surface area contributed by atoms with Crippen molar-refractivity contribution in [1.82, 2.24) is 4.57 Å². The first kappa shape index (κ1) is 7.30. The van der Waals surface area contributed by atoms with Gasteiger partial charge in [-0.25, -0.2) is 0 Å². The lowest BCUT2D eigenvalue weighted by molar-refractivity contribution is 0.474. The molecule has 0 bridgehead atoms. The summed E-state index contributed by atoms with van der Waals surface area (Å²) in [6.45, 7) is 0. The third kappa shape index (κ3) is 1.19. The van der Waals surface area contributed by atoms with Crippen molar-refractivity contribution in [2.24, 2.45) is 7.05 Å². The molecule has 56 valence electrons. The molecule has 0 unspecified atom stereocenters. The molecule has 0 saturated heterocycles. The Morgan fingerprint density at radius 3 is 2.40 bits per heavy atom. The average Bonchev–Trinajstić information content (AvgIpc) is 2.11. The van der Waals surface area contributed by atoms with Crippen molar-refractivity contribution in [2.45, 2.75) is 5.03 Å². The van der Waals surface area contributed by atoms with Crippen LogP contribution in [0.1, 0.15) is 0 Å². The normalized spacial score (nSPS) is 11.8. The number of nitrogens with zero attached hydrogens (tertiary/aromatic N) is 1. The van der Waals surface area contributed by atoms with Gasteiger partial charge in [0.2, 0.25) is 0 Å². The van der Waals surface area contributed by atoms with Crippen molar-refractivity contribution in [1.29, 1.82) is 0 Å². The molecule has 0 saturated carbocycles. The Morgan fingerprint density at radius 2 is 2.20 bits per heavy atom. The fraction of sp³-hybridized carbons (Fsp3) is 0.200. The molecule has 0 fully saturated rings. The van der Waals surface area contributed by atoms with Crippen LogP contribution in [0.25, 0.3) is 0 Å². The van der Waals surface area contributed by atoms with Crippen LogP contribution >= 0.6 is 0 Å². The molecule has 5 heteroatoms. The number of aromatic nitrogens is 1. The van der Waals surface area contributed by atoms with E-state index in [9.17, 15) is 8.42 Å². The lowest BCUT2D eigenvalue weighted by Crippen LogP contribution is -2.03. The SMILES string of the molecule is Cn1cccc1S(=O)(=O)O. The zero-order valence-electron chi connectivity index (χ0n) is 5.35. The second-order valence-corrected chi connectivity index (χ2v) is 3.30.